The van der Waals surface area contributed by atoms with Gasteiger partial charge in [-0.1, -0.05) is 25.9 Å². The molecule has 0 amide bonds. The molecule has 12 heavy (non-hydrogen) atoms. The number of hydrogen-bond acceptors (Lipinski definition) is 2. The van der Waals surface area contributed by atoms with E-state index < -0.39 is 0 Å². The maximum atomic E-state index is 8.82. The maximum absolute atomic E-state index is 8.82. The first-order valence-electron chi connectivity index (χ1n) is 4.78. The molecule has 0 spiro atoms. The molecule has 0 aromatic heterocycles. The zero-order valence-corrected chi connectivity index (χ0v) is 8.04. The minimum Gasteiger partial charge on any atom is -0.411 e. The van der Waals surface area contributed by atoms with Gasteiger partial charge in [0.25, 0.3) is 0 Å². The minimum atomic E-state index is 0.388. The second kappa shape index (κ2) is 2.24. The van der Waals surface area contributed by atoms with Gasteiger partial charge in [-0.15, -0.1) is 0 Å². The molecule has 1 N–H and O–H groups in total. The first-order chi connectivity index (χ1) is 5.57. The van der Waals surface area contributed by atoms with Gasteiger partial charge in [-0.05, 0) is 30.1 Å². The van der Waals surface area contributed by atoms with Crippen LogP contribution in [0.3, 0.4) is 0 Å². The second-order valence-electron chi connectivity index (χ2n) is 4.99. The van der Waals surface area contributed by atoms with Crippen LogP contribution in [-0.2, 0) is 0 Å². The molecule has 3 atom stereocenters. The van der Waals surface area contributed by atoms with Crippen molar-refractivity contribution < 1.29 is 5.21 Å². The summed E-state index contributed by atoms with van der Waals surface area (Å²) in [6, 6.07) is 0. The van der Waals surface area contributed by atoms with E-state index in [1.54, 1.807) is 0 Å². The van der Waals surface area contributed by atoms with Crippen LogP contribution in [0, 0.1) is 23.2 Å². The summed E-state index contributed by atoms with van der Waals surface area (Å²) in [5.74, 6) is 2.12. The van der Waals surface area contributed by atoms with Crippen molar-refractivity contribution in [3.8, 4) is 0 Å². The fourth-order valence-electron chi connectivity index (χ4n) is 3.22. The molecular formula is C10H17NO. The third kappa shape index (κ3) is 0.782. The van der Waals surface area contributed by atoms with Crippen LogP contribution in [0.2, 0.25) is 0 Å². The van der Waals surface area contributed by atoms with E-state index in [0.29, 0.717) is 17.3 Å². The Morgan fingerprint density at radius 2 is 2.17 bits per heavy atom. The molecular weight excluding hydrogens is 150 g/mol. The van der Waals surface area contributed by atoms with Crippen molar-refractivity contribution in [3.63, 3.8) is 0 Å². The molecule has 0 saturated heterocycles. The van der Waals surface area contributed by atoms with Crippen LogP contribution < -0.4 is 0 Å². The van der Waals surface area contributed by atoms with Crippen molar-refractivity contribution in [1.29, 1.82) is 0 Å². The molecule has 3 aliphatic carbocycles. The summed E-state index contributed by atoms with van der Waals surface area (Å²) in [5.41, 5.74) is 1.43. The van der Waals surface area contributed by atoms with E-state index in [2.05, 4.69) is 25.9 Å². The van der Waals surface area contributed by atoms with Crippen LogP contribution in [0.4, 0.5) is 0 Å². The van der Waals surface area contributed by atoms with E-state index in [-0.39, 0.29) is 0 Å². The van der Waals surface area contributed by atoms with Crippen LogP contribution in [0.15, 0.2) is 5.16 Å². The zero-order valence-electron chi connectivity index (χ0n) is 8.04. The lowest BCUT2D eigenvalue weighted by Gasteiger charge is -2.59. The molecule has 2 heteroatoms. The monoisotopic (exact) mass is 167 g/mol. The van der Waals surface area contributed by atoms with Gasteiger partial charge in [-0.3, -0.25) is 0 Å². The number of hydrogen-bond donors (Lipinski definition) is 1. The van der Waals surface area contributed by atoms with Crippen molar-refractivity contribution >= 4 is 5.71 Å². The quantitative estimate of drug-likeness (QED) is 0.436. The van der Waals surface area contributed by atoms with Gasteiger partial charge >= 0.3 is 0 Å². The van der Waals surface area contributed by atoms with Crippen LogP contribution in [-0.4, -0.2) is 10.9 Å². The van der Waals surface area contributed by atoms with Crippen LogP contribution in [0.5, 0.6) is 0 Å². The summed E-state index contributed by atoms with van der Waals surface area (Å²) >= 11 is 0. The number of oxime groups is 1. The Bertz CT molecular complexity index is 232. The van der Waals surface area contributed by atoms with Crippen molar-refractivity contribution in [2.24, 2.45) is 28.3 Å². The molecule has 3 fully saturated rings. The average molecular weight is 167 g/mol. The normalized spacial score (nSPS) is 47.2. The molecule has 0 aromatic carbocycles. The third-order valence-corrected chi connectivity index (χ3v) is 4.09. The predicted molar refractivity (Wildman–Crippen MR) is 48.4 cm³/mol. The Balaban J connectivity index is 2.27. The highest BCUT2D eigenvalue weighted by molar-refractivity contribution is 5.89. The molecule has 0 aliphatic heterocycles. The summed E-state index contributed by atoms with van der Waals surface area (Å²) < 4.78 is 0. The second-order valence-corrected chi connectivity index (χ2v) is 4.99. The fraction of sp³-hybridized carbons (Fsp3) is 0.900. The molecule has 3 rings (SSSR count). The fourth-order valence-corrected chi connectivity index (χ4v) is 3.22. The first-order valence-corrected chi connectivity index (χ1v) is 4.78. The lowest BCUT2D eigenvalue weighted by molar-refractivity contribution is -0.0360. The first kappa shape index (κ1) is 8.09. The summed E-state index contributed by atoms with van der Waals surface area (Å²) in [4.78, 5) is 0. The SMILES string of the molecule is C[C@H]1C/C(=N\O)[C@@H]2C[C@H]1C2(C)C. The van der Waals surface area contributed by atoms with Gasteiger partial charge in [0, 0.05) is 5.92 Å². The molecule has 3 saturated carbocycles. The maximum Gasteiger partial charge on any atom is 0.0609 e. The molecule has 2 nitrogen and oxygen atoms in total. The van der Waals surface area contributed by atoms with Gasteiger partial charge in [-0.2, -0.15) is 0 Å². The highest BCUT2D eigenvalue weighted by Gasteiger charge is 2.56. The van der Waals surface area contributed by atoms with E-state index in [1.807, 2.05) is 0 Å². The van der Waals surface area contributed by atoms with Crippen LogP contribution >= 0.6 is 0 Å². The third-order valence-electron chi connectivity index (χ3n) is 4.09. The largest absolute Gasteiger partial charge is 0.411 e. The molecule has 2 bridgehead atoms. The number of rotatable bonds is 0. The lowest BCUT2D eigenvalue weighted by Crippen LogP contribution is -2.56. The average Bonchev–Trinajstić information content (AvgIpc) is 2.02. The molecule has 3 aliphatic rings. The Hall–Kier alpha value is -0.530. The molecule has 0 unspecified atom stereocenters. The number of fused-ring (bicyclic) bond motifs is 2. The van der Waals surface area contributed by atoms with Gasteiger partial charge in [-0.25, -0.2) is 0 Å². The van der Waals surface area contributed by atoms with Crippen LogP contribution in [0.25, 0.3) is 0 Å². The van der Waals surface area contributed by atoms with Gasteiger partial charge in [0.05, 0.1) is 5.71 Å². The Kier molecular flexibility index (Phi) is 1.51. The Labute approximate surface area is 73.7 Å². The zero-order chi connectivity index (χ0) is 8.93. The van der Waals surface area contributed by atoms with E-state index in [1.165, 1.54) is 6.42 Å². The number of nitrogens with zero attached hydrogens (tertiary/aromatic N) is 1. The Morgan fingerprint density at radius 1 is 1.50 bits per heavy atom. The van der Waals surface area contributed by atoms with E-state index in [0.717, 1.165) is 18.1 Å². The van der Waals surface area contributed by atoms with Crippen molar-refractivity contribution in [2.45, 2.75) is 33.6 Å². The van der Waals surface area contributed by atoms with Gasteiger partial charge < -0.3 is 5.21 Å². The predicted octanol–water partition coefficient (Wildman–Crippen LogP) is 2.52. The smallest absolute Gasteiger partial charge is 0.0609 e. The van der Waals surface area contributed by atoms with Crippen LogP contribution in [0.1, 0.15) is 33.6 Å². The highest BCUT2D eigenvalue weighted by Crippen LogP contribution is 2.59. The molecule has 68 valence electrons. The summed E-state index contributed by atoms with van der Waals surface area (Å²) in [7, 11) is 0. The van der Waals surface area contributed by atoms with Crippen molar-refractivity contribution in [3.05, 3.63) is 0 Å². The lowest BCUT2D eigenvalue weighted by atomic mass is 9.45. The van der Waals surface area contributed by atoms with E-state index in [9.17, 15) is 0 Å². The van der Waals surface area contributed by atoms with Gasteiger partial charge in [0.2, 0.25) is 0 Å². The van der Waals surface area contributed by atoms with E-state index >= 15 is 0 Å². The summed E-state index contributed by atoms with van der Waals surface area (Å²) in [6.45, 7) is 6.87. The summed E-state index contributed by atoms with van der Waals surface area (Å²) in [5, 5.41) is 12.3. The molecule has 0 heterocycles. The standard InChI is InChI=1S/C10H17NO/c1-6-4-9(11-12)8-5-7(6)10(8,2)3/h6-8,12H,4-5H2,1-3H3/b11-9+/t6-,7+,8-/m0/s1. The van der Waals surface area contributed by atoms with Crippen molar-refractivity contribution in [1.82, 2.24) is 0 Å². The van der Waals surface area contributed by atoms with Gasteiger partial charge in [0.1, 0.15) is 0 Å². The molecule has 0 radical (unpaired) electrons. The van der Waals surface area contributed by atoms with E-state index in [4.69, 9.17) is 5.21 Å². The summed E-state index contributed by atoms with van der Waals surface area (Å²) in [6.07, 6.45) is 2.25. The van der Waals surface area contributed by atoms with Gasteiger partial charge in [0.15, 0.2) is 0 Å². The Morgan fingerprint density at radius 3 is 2.58 bits per heavy atom. The topological polar surface area (TPSA) is 32.6 Å². The van der Waals surface area contributed by atoms with Crippen molar-refractivity contribution in [2.75, 3.05) is 0 Å². The minimum absolute atomic E-state index is 0.388. The highest BCUT2D eigenvalue weighted by atomic mass is 16.4. The molecule has 0 aromatic rings.